The molecule has 0 atom stereocenters. The Morgan fingerprint density at radius 3 is 2.33 bits per heavy atom. The van der Waals surface area contributed by atoms with Crippen molar-refractivity contribution in [1.82, 2.24) is 0 Å². The summed E-state index contributed by atoms with van der Waals surface area (Å²) >= 11 is 0. The number of hydrogen-bond acceptors (Lipinski definition) is 3. The quantitative estimate of drug-likeness (QED) is 0.431. The topological polar surface area (TPSA) is 43.4 Å². The van der Waals surface area contributed by atoms with Gasteiger partial charge in [0.1, 0.15) is 11.5 Å². The molecular formula is C24H20O3. The SMILES string of the molecule is Cc1ccc(-c2oc(=O)c3ccccc3c2C/C=C/Cc2ccco2)cc1. The van der Waals surface area contributed by atoms with Crippen molar-refractivity contribution in [2.75, 3.05) is 0 Å². The molecule has 3 heteroatoms. The number of hydrogen-bond donors (Lipinski definition) is 0. The molecule has 2 aromatic carbocycles. The molecule has 0 aliphatic carbocycles. The van der Waals surface area contributed by atoms with Crippen LogP contribution in [-0.4, -0.2) is 0 Å². The molecule has 0 radical (unpaired) electrons. The lowest BCUT2D eigenvalue weighted by Crippen LogP contribution is -2.04. The zero-order valence-corrected chi connectivity index (χ0v) is 15.1. The summed E-state index contributed by atoms with van der Waals surface area (Å²) < 4.78 is 11.1. The monoisotopic (exact) mass is 356 g/mol. The van der Waals surface area contributed by atoms with Gasteiger partial charge in [-0.2, -0.15) is 0 Å². The first kappa shape index (κ1) is 17.1. The third-order valence-electron chi connectivity index (χ3n) is 4.64. The summed E-state index contributed by atoms with van der Waals surface area (Å²) in [6.45, 7) is 2.04. The standard InChI is InChI=1S/C24H20O3/c1-17-12-14-18(15-13-17)23-21(10-3-2-7-19-8-6-16-26-19)20-9-4-5-11-22(20)24(25)27-23/h2-6,8-9,11-16H,7,10H2,1H3/b3-2+. The minimum atomic E-state index is -0.301. The van der Waals surface area contributed by atoms with Gasteiger partial charge in [-0.1, -0.05) is 60.2 Å². The Morgan fingerprint density at radius 1 is 0.852 bits per heavy atom. The maximum absolute atomic E-state index is 12.5. The van der Waals surface area contributed by atoms with E-state index in [0.29, 0.717) is 17.6 Å². The van der Waals surface area contributed by atoms with Crippen LogP contribution in [-0.2, 0) is 12.8 Å². The lowest BCUT2D eigenvalue weighted by atomic mass is 9.98. The molecule has 0 aliphatic heterocycles. The number of allylic oxidation sites excluding steroid dienone is 2. The van der Waals surface area contributed by atoms with E-state index in [0.717, 1.165) is 28.7 Å². The van der Waals surface area contributed by atoms with Crippen LogP contribution in [0.1, 0.15) is 16.9 Å². The van der Waals surface area contributed by atoms with E-state index in [1.54, 1.807) is 6.26 Å². The van der Waals surface area contributed by atoms with Crippen LogP contribution in [0.4, 0.5) is 0 Å². The van der Waals surface area contributed by atoms with Crippen LogP contribution in [0.3, 0.4) is 0 Å². The average molecular weight is 356 g/mol. The van der Waals surface area contributed by atoms with Crippen LogP contribution >= 0.6 is 0 Å². The van der Waals surface area contributed by atoms with Crippen LogP contribution < -0.4 is 5.63 Å². The largest absolute Gasteiger partial charge is 0.469 e. The first-order valence-electron chi connectivity index (χ1n) is 9.01. The van der Waals surface area contributed by atoms with Crippen LogP contribution in [0.15, 0.2) is 92.7 Å². The van der Waals surface area contributed by atoms with E-state index in [9.17, 15) is 4.79 Å². The first-order chi connectivity index (χ1) is 13.2. The van der Waals surface area contributed by atoms with E-state index in [1.807, 2.05) is 67.6 Å². The van der Waals surface area contributed by atoms with Crippen molar-refractivity contribution >= 4 is 10.8 Å². The highest BCUT2D eigenvalue weighted by atomic mass is 16.4. The third-order valence-corrected chi connectivity index (χ3v) is 4.64. The Balaban J connectivity index is 1.77. The van der Waals surface area contributed by atoms with Gasteiger partial charge in [-0.25, -0.2) is 4.79 Å². The van der Waals surface area contributed by atoms with Crippen molar-refractivity contribution in [2.45, 2.75) is 19.8 Å². The Bertz CT molecular complexity index is 1130. The molecule has 0 unspecified atom stereocenters. The molecular weight excluding hydrogens is 336 g/mol. The highest BCUT2D eigenvalue weighted by Gasteiger charge is 2.14. The number of benzene rings is 2. The summed E-state index contributed by atoms with van der Waals surface area (Å²) in [6.07, 6.45) is 7.27. The van der Waals surface area contributed by atoms with E-state index in [4.69, 9.17) is 8.83 Å². The Morgan fingerprint density at radius 2 is 1.59 bits per heavy atom. The van der Waals surface area contributed by atoms with Gasteiger partial charge >= 0.3 is 5.63 Å². The predicted octanol–water partition coefficient (Wildman–Crippen LogP) is 5.70. The fraction of sp³-hybridized carbons (Fsp3) is 0.125. The van der Waals surface area contributed by atoms with Crippen molar-refractivity contribution in [3.05, 3.63) is 106 Å². The van der Waals surface area contributed by atoms with E-state index < -0.39 is 0 Å². The molecule has 0 saturated carbocycles. The molecule has 0 bridgehead atoms. The molecule has 0 aliphatic rings. The molecule has 2 aromatic heterocycles. The number of furan rings is 1. The maximum Gasteiger partial charge on any atom is 0.344 e. The molecule has 0 N–H and O–H groups in total. The molecule has 4 rings (SSSR count). The highest BCUT2D eigenvalue weighted by Crippen LogP contribution is 2.29. The Hall–Kier alpha value is -3.33. The second-order valence-electron chi connectivity index (χ2n) is 6.57. The minimum Gasteiger partial charge on any atom is -0.469 e. The molecule has 0 amide bonds. The number of fused-ring (bicyclic) bond motifs is 1. The zero-order chi connectivity index (χ0) is 18.6. The molecule has 4 aromatic rings. The summed E-state index contributed by atoms with van der Waals surface area (Å²) in [5, 5.41) is 1.55. The van der Waals surface area contributed by atoms with Crippen LogP contribution in [0, 0.1) is 6.92 Å². The fourth-order valence-corrected chi connectivity index (χ4v) is 3.23. The van der Waals surface area contributed by atoms with Crippen molar-refractivity contribution in [3.63, 3.8) is 0 Å². The van der Waals surface area contributed by atoms with Gasteiger partial charge in [0.2, 0.25) is 0 Å². The van der Waals surface area contributed by atoms with E-state index in [-0.39, 0.29) is 5.63 Å². The van der Waals surface area contributed by atoms with Gasteiger partial charge < -0.3 is 8.83 Å². The van der Waals surface area contributed by atoms with E-state index in [1.165, 1.54) is 5.56 Å². The zero-order valence-electron chi connectivity index (χ0n) is 15.1. The van der Waals surface area contributed by atoms with Gasteiger partial charge in [-0.05, 0) is 36.9 Å². The van der Waals surface area contributed by atoms with Crippen LogP contribution in [0.5, 0.6) is 0 Å². The van der Waals surface area contributed by atoms with Crippen LogP contribution in [0.2, 0.25) is 0 Å². The average Bonchev–Trinajstić information content (AvgIpc) is 3.21. The van der Waals surface area contributed by atoms with Gasteiger partial charge in [0, 0.05) is 17.5 Å². The second kappa shape index (κ2) is 7.50. The van der Waals surface area contributed by atoms with Gasteiger partial charge in [-0.3, -0.25) is 0 Å². The van der Waals surface area contributed by atoms with Crippen LogP contribution in [0.25, 0.3) is 22.1 Å². The minimum absolute atomic E-state index is 0.301. The van der Waals surface area contributed by atoms with Crippen molar-refractivity contribution < 1.29 is 8.83 Å². The summed E-state index contributed by atoms with van der Waals surface area (Å²) in [7, 11) is 0. The maximum atomic E-state index is 12.5. The van der Waals surface area contributed by atoms with Crippen molar-refractivity contribution in [3.8, 4) is 11.3 Å². The molecule has 3 nitrogen and oxygen atoms in total. The van der Waals surface area contributed by atoms with Gasteiger partial charge in [0.25, 0.3) is 0 Å². The Labute approximate surface area is 157 Å². The number of aryl methyl sites for hydroxylation is 1. The first-order valence-corrected chi connectivity index (χ1v) is 9.01. The molecule has 0 fully saturated rings. The second-order valence-corrected chi connectivity index (χ2v) is 6.57. The Kier molecular flexibility index (Phi) is 4.75. The lowest BCUT2D eigenvalue weighted by Gasteiger charge is -2.10. The smallest absolute Gasteiger partial charge is 0.344 e. The molecule has 2 heterocycles. The highest BCUT2D eigenvalue weighted by molar-refractivity contribution is 5.88. The molecule has 134 valence electrons. The van der Waals surface area contributed by atoms with E-state index >= 15 is 0 Å². The van der Waals surface area contributed by atoms with E-state index in [2.05, 4.69) is 12.2 Å². The van der Waals surface area contributed by atoms with Crippen molar-refractivity contribution in [2.24, 2.45) is 0 Å². The summed E-state index contributed by atoms with van der Waals surface area (Å²) in [5.74, 6) is 1.57. The lowest BCUT2D eigenvalue weighted by molar-refractivity contribution is 0.523. The summed E-state index contributed by atoms with van der Waals surface area (Å²) in [4.78, 5) is 12.5. The summed E-state index contributed by atoms with van der Waals surface area (Å²) in [6, 6.07) is 19.5. The fourth-order valence-electron chi connectivity index (χ4n) is 3.23. The normalized spacial score (nSPS) is 11.4. The van der Waals surface area contributed by atoms with Gasteiger partial charge in [0.05, 0.1) is 11.6 Å². The third kappa shape index (κ3) is 3.63. The molecule has 0 spiro atoms. The summed E-state index contributed by atoms with van der Waals surface area (Å²) in [5.41, 5.74) is 2.80. The number of rotatable bonds is 5. The van der Waals surface area contributed by atoms with Gasteiger partial charge in [0.15, 0.2) is 0 Å². The van der Waals surface area contributed by atoms with Gasteiger partial charge in [-0.15, -0.1) is 0 Å². The van der Waals surface area contributed by atoms with Crippen molar-refractivity contribution in [1.29, 1.82) is 0 Å². The predicted molar refractivity (Wildman–Crippen MR) is 108 cm³/mol. The molecule has 27 heavy (non-hydrogen) atoms. The molecule has 0 saturated heterocycles.